The van der Waals surface area contributed by atoms with Crippen molar-refractivity contribution in [2.24, 2.45) is 5.41 Å². The fraction of sp³-hybridized carbons (Fsp3) is 1.00. The van der Waals surface area contributed by atoms with E-state index in [1.165, 1.54) is 19.3 Å². The van der Waals surface area contributed by atoms with E-state index in [9.17, 15) is 0 Å². The van der Waals surface area contributed by atoms with Crippen LogP contribution < -0.4 is 5.32 Å². The SMILES string of the molecule is CNC(CCC(C)(C)OC)C1(C)CC1. The largest absolute Gasteiger partial charge is 0.379 e. The lowest BCUT2D eigenvalue weighted by atomic mass is 9.90. The van der Waals surface area contributed by atoms with Crippen LogP contribution in [0.4, 0.5) is 0 Å². The van der Waals surface area contributed by atoms with E-state index in [0.717, 1.165) is 6.42 Å². The Balaban J connectivity index is 2.35. The highest BCUT2D eigenvalue weighted by Crippen LogP contribution is 2.49. The number of nitrogens with one attached hydrogen (secondary N) is 1. The molecule has 2 nitrogen and oxygen atoms in total. The summed E-state index contributed by atoms with van der Waals surface area (Å²) in [5, 5.41) is 3.45. The van der Waals surface area contributed by atoms with E-state index in [1.54, 1.807) is 7.11 Å². The zero-order valence-electron chi connectivity index (χ0n) is 10.3. The quantitative estimate of drug-likeness (QED) is 0.710. The Morgan fingerprint density at radius 3 is 2.36 bits per heavy atom. The van der Waals surface area contributed by atoms with E-state index in [0.29, 0.717) is 11.5 Å². The number of hydrogen-bond donors (Lipinski definition) is 1. The van der Waals surface area contributed by atoms with E-state index >= 15 is 0 Å². The molecular formula is C12H25NO. The molecule has 0 aromatic rings. The van der Waals surface area contributed by atoms with Gasteiger partial charge in [-0.25, -0.2) is 0 Å². The van der Waals surface area contributed by atoms with E-state index in [2.05, 4.69) is 33.1 Å². The second kappa shape index (κ2) is 4.19. The van der Waals surface area contributed by atoms with Crippen LogP contribution in [0, 0.1) is 5.41 Å². The molecule has 1 rings (SSSR count). The molecule has 0 heterocycles. The van der Waals surface area contributed by atoms with Gasteiger partial charge in [-0.3, -0.25) is 0 Å². The normalized spacial score (nSPS) is 22.1. The van der Waals surface area contributed by atoms with Crippen molar-refractivity contribution in [3.8, 4) is 0 Å². The van der Waals surface area contributed by atoms with Gasteiger partial charge in [-0.15, -0.1) is 0 Å². The summed E-state index contributed by atoms with van der Waals surface area (Å²) >= 11 is 0. The Kier molecular flexibility index (Phi) is 3.59. The number of ether oxygens (including phenoxy) is 1. The van der Waals surface area contributed by atoms with Gasteiger partial charge in [0.2, 0.25) is 0 Å². The molecule has 1 aliphatic rings. The minimum Gasteiger partial charge on any atom is -0.379 e. The Labute approximate surface area is 88.4 Å². The molecule has 84 valence electrons. The van der Waals surface area contributed by atoms with E-state index in [1.807, 2.05) is 0 Å². The monoisotopic (exact) mass is 199 g/mol. The molecule has 0 radical (unpaired) electrons. The van der Waals surface area contributed by atoms with Gasteiger partial charge in [0.25, 0.3) is 0 Å². The Morgan fingerprint density at radius 2 is 2.00 bits per heavy atom. The van der Waals surface area contributed by atoms with Crippen molar-refractivity contribution in [3.05, 3.63) is 0 Å². The fourth-order valence-corrected chi connectivity index (χ4v) is 1.98. The smallest absolute Gasteiger partial charge is 0.0623 e. The molecule has 1 aliphatic carbocycles. The van der Waals surface area contributed by atoms with E-state index in [4.69, 9.17) is 4.74 Å². The Morgan fingerprint density at radius 1 is 1.43 bits per heavy atom. The van der Waals surface area contributed by atoms with Crippen LogP contribution in [0.1, 0.15) is 46.5 Å². The molecule has 0 spiro atoms. The standard InChI is InChI=1S/C12H25NO/c1-11(2,14-5)7-6-10(13-4)12(3)8-9-12/h10,13H,6-9H2,1-5H3. The van der Waals surface area contributed by atoms with Gasteiger partial charge in [-0.1, -0.05) is 6.92 Å². The first-order valence-electron chi connectivity index (χ1n) is 5.66. The van der Waals surface area contributed by atoms with Gasteiger partial charge in [0.15, 0.2) is 0 Å². The van der Waals surface area contributed by atoms with Crippen LogP contribution in [0.2, 0.25) is 0 Å². The lowest BCUT2D eigenvalue weighted by Crippen LogP contribution is -2.36. The predicted molar refractivity (Wildman–Crippen MR) is 60.5 cm³/mol. The van der Waals surface area contributed by atoms with Crippen molar-refractivity contribution in [1.29, 1.82) is 0 Å². The van der Waals surface area contributed by atoms with Crippen LogP contribution in [-0.4, -0.2) is 25.8 Å². The van der Waals surface area contributed by atoms with Crippen molar-refractivity contribution in [1.82, 2.24) is 5.32 Å². The predicted octanol–water partition coefficient (Wildman–Crippen LogP) is 2.58. The van der Waals surface area contributed by atoms with Crippen LogP contribution in [-0.2, 0) is 4.74 Å². The maximum absolute atomic E-state index is 5.44. The average Bonchev–Trinajstić information content (AvgIpc) is 2.85. The summed E-state index contributed by atoms with van der Waals surface area (Å²) in [7, 11) is 3.88. The second-order valence-corrected chi connectivity index (χ2v) is 5.50. The minimum absolute atomic E-state index is 0.0281. The van der Waals surface area contributed by atoms with Gasteiger partial charge in [-0.2, -0.15) is 0 Å². The van der Waals surface area contributed by atoms with Crippen LogP contribution in [0.15, 0.2) is 0 Å². The van der Waals surface area contributed by atoms with Gasteiger partial charge in [-0.05, 0) is 52.0 Å². The van der Waals surface area contributed by atoms with Gasteiger partial charge < -0.3 is 10.1 Å². The fourth-order valence-electron chi connectivity index (χ4n) is 1.98. The third kappa shape index (κ3) is 2.96. The molecule has 0 aromatic heterocycles. The van der Waals surface area contributed by atoms with Crippen LogP contribution in [0.3, 0.4) is 0 Å². The van der Waals surface area contributed by atoms with E-state index in [-0.39, 0.29) is 5.60 Å². The summed E-state index contributed by atoms with van der Waals surface area (Å²) in [5.74, 6) is 0. The minimum atomic E-state index is 0.0281. The van der Waals surface area contributed by atoms with Crippen LogP contribution in [0.5, 0.6) is 0 Å². The topological polar surface area (TPSA) is 21.3 Å². The van der Waals surface area contributed by atoms with Crippen molar-refractivity contribution < 1.29 is 4.74 Å². The molecule has 2 heteroatoms. The van der Waals surface area contributed by atoms with Crippen LogP contribution in [0.25, 0.3) is 0 Å². The van der Waals surface area contributed by atoms with Crippen molar-refractivity contribution in [2.45, 2.75) is 58.1 Å². The Bertz CT molecular complexity index is 185. The number of hydrogen-bond acceptors (Lipinski definition) is 2. The molecule has 1 atom stereocenters. The highest BCUT2D eigenvalue weighted by atomic mass is 16.5. The van der Waals surface area contributed by atoms with Crippen molar-refractivity contribution in [2.75, 3.05) is 14.2 Å². The molecule has 14 heavy (non-hydrogen) atoms. The highest BCUT2D eigenvalue weighted by molar-refractivity contribution is 4.98. The van der Waals surface area contributed by atoms with Gasteiger partial charge >= 0.3 is 0 Å². The third-order valence-corrected chi connectivity index (χ3v) is 3.82. The first-order valence-corrected chi connectivity index (χ1v) is 5.66. The second-order valence-electron chi connectivity index (χ2n) is 5.50. The molecule has 1 N–H and O–H groups in total. The maximum atomic E-state index is 5.44. The van der Waals surface area contributed by atoms with Crippen LogP contribution >= 0.6 is 0 Å². The summed E-state index contributed by atoms with van der Waals surface area (Å²) in [6.45, 7) is 6.71. The maximum Gasteiger partial charge on any atom is 0.0623 e. The number of methoxy groups -OCH3 is 1. The molecule has 0 amide bonds. The highest BCUT2D eigenvalue weighted by Gasteiger charge is 2.44. The molecule has 0 bridgehead atoms. The first-order chi connectivity index (χ1) is 6.43. The van der Waals surface area contributed by atoms with Gasteiger partial charge in [0.05, 0.1) is 5.60 Å². The Hall–Kier alpha value is -0.0800. The zero-order valence-corrected chi connectivity index (χ0v) is 10.3. The molecule has 0 saturated heterocycles. The summed E-state index contributed by atoms with van der Waals surface area (Å²) in [4.78, 5) is 0. The molecule has 0 aliphatic heterocycles. The first kappa shape index (κ1) is 12.0. The molecule has 1 fully saturated rings. The lowest BCUT2D eigenvalue weighted by Gasteiger charge is -2.28. The lowest BCUT2D eigenvalue weighted by molar-refractivity contribution is 0.0102. The van der Waals surface area contributed by atoms with Crippen molar-refractivity contribution >= 4 is 0 Å². The molecular weight excluding hydrogens is 174 g/mol. The zero-order chi connectivity index (χ0) is 10.8. The third-order valence-electron chi connectivity index (χ3n) is 3.82. The number of rotatable bonds is 6. The summed E-state index contributed by atoms with van der Waals surface area (Å²) in [6, 6.07) is 0.664. The van der Waals surface area contributed by atoms with E-state index < -0.39 is 0 Å². The summed E-state index contributed by atoms with van der Waals surface area (Å²) < 4.78 is 5.44. The van der Waals surface area contributed by atoms with Crippen molar-refractivity contribution in [3.63, 3.8) is 0 Å². The van der Waals surface area contributed by atoms with Gasteiger partial charge in [0.1, 0.15) is 0 Å². The van der Waals surface area contributed by atoms with Gasteiger partial charge in [0, 0.05) is 13.2 Å². The average molecular weight is 199 g/mol. The molecule has 1 saturated carbocycles. The molecule has 0 aromatic carbocycles. The molecule has 1 unspecified atom stereocenters. The summed E-state index contributed by atoms with van der Waals surface area (Å²) in [6.07, 6.45) is 5.11. The summed E-state index contributed by atoms with van der Waals surface area (Å²) in [5.41, 5.74) is 0.596.